The summed E-state index contributed by atoms with van der Waals surface area (Å²) < 4.78 is 23.1. The van der Waals surface area contributed by atoms with Crippen molar-refractivity contribution >= 4 is 6.09 Å². The second-order valence-electron chi connectivity index (χ2n) is 5.33. The Balaban J connectivity index is 2.45. The molecular formula is C16H20FNO3. The number of hydrogen-bond acceptors (Lipinski definition) is 3. The van der Waals surface area contributed by atoms with Crippen molar-refractivity contribution in [2.75, 3.05) is 13.7 Å². The van der Waals surface area contributed by atoms with Gasteiger partial charge in [0, 0.05) is 19.0 Å². The summed E-state index contributed by atoms with van der Waals surface area (Å²) in [7, 11) is 1.46. The Hall–Kier alpha value is -2.22. The van der Waals surface area contributed by atoms with E-state index in [-0.39, 0.29) is 5.82 Å². The molecule has 0 radical (unpaired) electrons. The van der Waals surface area contributed by atoms with Crippen LogP contribution in [-0.4, -0.2) is 25.3 Å². The minimum Gasteiger partial charge on any atom is -0.495 e. The standard InChI is InChI=1S/C16H20FNO3/c1-16(2,3)21-15(19)18-10-6-5-7-12-8-9-13(17)11-14(12)20-4/h8-9,11H,6,10H2,1-4H3,(H,18,19). The van der Waals surface area contributed by atoms with Gasteiger partial charge in [-0.25, -0.2) is 9.18 Å². The highest BCUT2D eigenvalue weighted by molar-refractivity contribution is 5.67. The van der Waals surface area contributed by atoms with Gasteiger partial charge in [0.05, 0.1) is 12.7 Å². The Morgan fingerprint density at radius 1 is 1.38 bits per heavy atom. The van der Waals surface area contributed by atoms with E-state index in [2.05, 4.69) is 17.2 Å². The number of carbonyl (C=O) groups excluding carboxylic acids is 1. The van der Waals surface area contributed by atoms with Gasteiger partial charge < -0.3 is 14.8 Å². The minimum absolute atomic E-state index is 0.371. The normalized spacial score (nSPS) is 10.3. The third-order valence-corrected chi connectivity index (χ3v) is 2.30. The number of halogens is 1. The van der Waals surface area contributed by atoms with Gasteiger partial charge >= 0.3 is 6.09 Å². The maximum Gasteiger partial charge on any atom is 0.407 e. The SMILES string of the molecule is COc1cc(F)ccc1C#CCCNC(=O)OC(C)(C)C. The van der Waals surface area contributed by atoms with Crippen molar-refractivity contribution in [1.82, 2.24) is 5.32 Å². The summed E-state index contributed by atoms with van der Waals surface area (Å²) in [5, 5.41) is 2.61. The van der Waals surface area contributed by atoms with Crippen LogP contribution in [0.1, 0.15) is 32.8 Å². The molecule has 0 aliphatic heterocycles. The first kappa shape index (κ1) is 16.8. The van der Waals surface area contributed by atoms with E-state index in [4.69, 9.17) is 9.47 Å². The third kappa shape index (κ3) is 6.66. The molecule has 0 aliphatic carbocycles. The minimum atomic E-state index is -0.517. The zero-order chi connectivity index (χ0) is 15.9. The monoisotopic (exact) mass is 293 g/mol. The van der Waals surface area contributed by atoms with E-state index >= 15 is 0 Å². The summed E-state index contributed by atoms with van der Waals surface area (Å²) >= 11 is 0. The molecule has 0 aromatic heterocycles. The van der Waals surface area contributed by atoms with Crippen molar-refractivity contribution in [2.45, 2.75) is 32.8 Å². The maximum absolute atomic E-state index is 13.0. The van der Waals surface area contributed by atoms with Crippen LogP contribution in [0, 0.1) is 17.7 Å². The number of hydrogen-bond donors (Lipinski definition) is 1. The molecule has 0 atom stereocenters. The number of benzene rings is 1. The zero-order valence-corrected chi connectivity index (χ0v) is 12.7. The van der Waals surface area contributed by atoms with Crippen molar-refractivity contribution in [3.05, 3.63) is 29.6 Å². The first-order chi connectivity index (χ1) is 9.81. The van der Waals surface area contributed by atoms with E-state index in [0.29, 0.717) is 24.3 Å². The smallest absolute Gasteiger partial charge is 0.407 e. The zero-order valence-electron chi connectivity index (χ0n) is 12.7. The van der Waals surface area contributed by atoms with Gasteiger partial charge in [-0.15, -0.1) is 0 Å². The van der Waals surface area contributed by atoms with Gasteiger partial charge in [0.25, 0.3) is 0 Å². The molecule has 1 aromatic rings. The molecule has 1 N–H and O–H groups in total. The molecule has 0 bridgehead atoms. The van der Waals surface area contributed by atoms with Gasteiger partial charge in [0.1, 0.15) is 17.2 Å². The van der Waals surface area contributed by atoms with Crippen LogP contribution in [0.3, 0.4) is 0 Å². The largest absolute Gasteiger partial charge is 0.495 e. The molecule has 1 aromatic carbocycles. The van der Waals surface area contributed by atoms with Gasteiger partial charge in [0.15, 0.2) is 0 Å². The Morgan fingerprint density at radius 2 is 2.10 bits per heavy atom. The van der Waals surface area contributed by atoms with E-state index in [9.17, 15) is 9.18 Å². The molecule has 0 saturated heterocycles. The number of amides is 1. The van der Waals surface area contributed by atoms with E-state index < -0.39 is 11.7 Å². The number of carbonyl (C=O) groups is 1. The van der Waals surface area contributed by atoms with Crippen LogP contribution in [-0.2, 0) is 4.74 Å². The van der Waals surface area contributed by atoms with Crippen LogP contribution in [0.4, 0.5) is 9.18 Å². The summed E-state index contributed by atoms with van der Waals surface area (Å²) in [6, 6.07) is 4.16. The van der Waals surface area contributed by atoms with Crippen LogP contribution in [0.25, 0.3) is 0 Å². The molecule has 0 unspecified atom stereocenters. The summed E-state index contributed by atoms with van der Waals surface area (Å²) in [4.78, 5) is 11.4. The molecule has 0 spiro atoms. The molecule has 5 heteroatoms. The van der Waals surface area contributed by atoms with E-state index in [0.717, 1.165) is 0 Å². The van der Waals surface area contributed by atoms with Gasteiger partial charge in [-0.3, -0.25) is 0 Å². The summed E-state index contributed by atoms with van der Waals surface area (Å²) in [5.74, 6) is 5.79. The van der Waals surface area contributed by atoms with Gasteiger partial charge in [-0.1, -0.05) is 11.8 Å². The fourth-order valence-electron chi connectivity index (χ4n) is 1.47. The lowest BCUT2D eigenvalue weighted by Gasteiger charge is -2.19. The molecule has 0 heterocycles. The van der Waals surface area contributed by atoms with Crippen molar-refractivity contribution in [3.8, 4) is 17.6 Å². The van der Waals surface area contributed by atoms with Gasteiger partial charge in [0.2, 0.25) is 0 Å². The van der Waals surface area contributed by atoms with E-state index in [1.54, 1.807) is 26.8 Å². The molecule has 114 valence electrons. The molecule has 4 nitrogen and oxygen atoms in total. The lowest BCUT2D eigenvalue weighted by Crippen LogP contribution is -2.32. The predicted octanol–water partition coefficient (Wildman–Crippen LogP) is 3.10. The fraction of sp³-hybridized carbons (Fsp3) is 0.438. The van der Waals surface area contributed by atoms with Crippen molar-refractivity contribution in [2.24, 2.45) is 0 Å². The average molecular weight is 293 g/mol. The molecule has 0 saturated carbocycles. The van der Waals surface area contributed by atoms with E-state index in [1.165, 1.54) is 19.2 Å². The highest BCUT2D eigenvalue weighted by atomic mass is 19.1. The Labute approximate surface area is 124 Å². The predicted molar refractivity (Wildman–Crippen MR) is 78.7 cm³/mol. The average Bonchev–Trinajstić information content (AvgIpc) is 2.37. The van der Waals surface area contributed by atoms with Crippen LogP contribution >= 0.6 is 0 Å². The van der Waals surface area contributed by atoms with Crippen molar-refractivity contribution < 1.29 is 18.7 Å². The summed E-state index contributed by atoms with van der Waals surface area (Å²) in [5.41, 5.74) is 0.0909. The number of ether oxygens (including phenoxy) is 2. The third-order valence-electron chi connectivity index (χ3n) is 2.30. The maximum atomic E-state index is 13.0. The highest BCUT2D eigenvalue weighted by Crippen LogP contribution is 2.18. The fourth-order valence-corrected chi connectivity index (χ4v) is 1.47. The number of rotatable bonds is 3. The van der Waals surface area contributed by atoms with Crippen LogP contribution in [0.15, 0.2) is 18.2 Å². The number of alkyl carbamates (subject to hydrolysis) is 1. The lowest BCUT2D eigenvalue weighted by atomic mass is 10.2. The first-order valence-corrected chi connectivity index (χ1v) is 6.61. The van der Waals surface area contributed by atoms with Crippen LogP contribution in [0.5, 0.6) is 5.75 Å². The Morgan fingerprint density at radius 3 is 2.71 bits per heavy atom. The topological polar surface area (TPSA) is 47.6 Å². The van der Waals surface area contributed by atoms with Crippen molar-refractivity contribution in [1.29, 1.82) is 0 Å². The van der Waals surface area contributed by atoms with Gasteiger partial charge in [-0.2, -0.15) is 0 Å². The molecule has 1 amide bonds. The summed E-state index contributed by atoms with van der Waals surface area (Å²) in [6.07, 6.45) is -0.0107. The second kappa shape index (κ2) is 7.53. The Bertz CT molecular complexity index is 553. The Kier molecular flexibility index (Phi) is 6.04. The van der Waals surface area contributed by atoms with Crippen LogP contribution in [0.2, 0.25) is 0 Å². The first-order valence-electron chi connectivity index (χ1n) is 6.61. The number of nitrogens with one attached hydrogen (secondary N) is 1. The second-order valence-corrected chi connectivity index (χ2v) is 5.33. The molecule has 21 heavy (non-hydrogen) atoms. The number of methoxy groups -OCH3 is 1. The van der Waals surface area contributed by atoms with Gasteiger partial charge in [-0.05, 0) is 32.9 Å². The van der Waals surface area contributed by atoms with Crippen LogP contribution < -0.4 is 10.1 Å². The quantitative estimate of drug-likeness (QED) is 0.688. The highest BCUT2D eigenvalue weighted by Gasteiger charge is 2.15. The molecular weight excluding hydrogens is 273 g/mol. The molecule has 0 fully saturated rings. The summed E-state index contributed by atoms with van der Waals surface area (Å²) in [6.45, 7) is 5.78. The van der Waals surface area contributed by atoms with Crippen molar-refractivity contribution in [3.63, 3.8) is 0 Å². The molecule has 1 rings (SSSR count). The molecule has 0 aliphatic rings. The van der Waals surface area contributed by atoms with E-state index in [1.807, 2.05) is 0 Å². The lowest BCUT2D eigenvalue weighted by molar-refractivity contribution is 0.0529.